The van der Waals surface area contributed by atoms with Gasteiger partial charge in [0.1, 0.15) is 0 Å². The minimum absolute atomic E-state index is 0.0992. The van der Waals surface area contributed by atoms with Crippen molar-refractivity contribution in [3.05, 3.63) is 27.7 Å². The standard InChI is InChI=1S/C11H13BrF3NO/c1-7-5-8(2)10(9(12)6-7)16-3-4-17-11(13,14)15/h5-6,16H,3-4H2,1-2H3. The zero-order chi connectivity index (χ0) is 13.1. The van der Waals surface area contributed by atoms with Crippen molar-refractivity contribution in [2.24, 2.45) is 0 Å². The summed E-state index contributed by atoms with van der Waals surface area (Å²) in [5, 5.41) is 2.91. The van der Waals surface area contributed by atoms with E-state index in [9.17, 15) is 13.2 Å². The van der Waals surface area contributed by atoms with Gasteiger partial charge in [0, 0.05) is 11.0 Å². The average Bonchev–Trinajstić information content (AvgIpc) is 2.13. The Morgan fingerprint density at radius 3 is 2.47 bits per heavy atom. The summed E-state index contributed by atoms with van der Waals surface area (Å²) in [6.45, 7) is 3.53. The molecule has 0 fully saturated rings. The zero-order valence-corrected chi connectivity index (χ0v) is 11.1. The van der Waals surface area contributed by atoms with E-state index in [0.717, 1.165) is 21.3 Å². The van der Waals surface area contributed by atoms with Crippen LogP contribution in [0.15, 0.2) is 16.6 Å². The highest BCUT2D eigenvalue weighted by Crippen LogP contribution is 2.27. The maximum atomic E-state index is 11.7. The highest BCUT2D eigenvalue weighted by atomic mass is 79.9. The number of alkyl halides is 3. The lowest BCUT2D eigenvalue weighted by Crippen LogP contribution is -2.19. The van der Waals surface area contributed by atoms with Gasteiger partial charge in [0.15, 0.2) is 0 Å². The van der Waals surface area contributed by atoms with Crippen LogP contribution in [0.1, 0.15) is 11.1 Å². The molecule has 0 spiro atoms. The number of halogens is 4. The predicted molar refractivity (Wildman–Crippen MR) is 64.1 cm³/mol. The second-order valence-corrected chi connectivity index (χ2v) is 4.51. The van der Waals surface area contributed by atoms with Gasteiger partial charge >= 0.3 is 6.36 Å². The van der Waals surface area contributed by atoms with Gasteiger partial charge in [-0.1, -0.05) is 6.07 Å². The largest absolute Gasteiger partial charge is 0.522 e. The fourth-order valence-corrected chi connectivity index (χ4v) is 2.30. The zero-order valence-electron chi connectivity index (χ0n) is 9.49. The van der Waals surface area contributed by atoms with Crippen LogP contribution in [-0.2, 0) is 4.74 Å². The van der Waals surface area contributed by atoms with Crippen LogP contribution in [0.25, 0.3) is 0 Å². The minimum atomic E-state index is -4.57. The van der Waals surface area contributed by atoms with Crippen LogP contribution in [0.5, 0.6) is 0 Å². The minimum Gasteiger partial charge on any atom is -0.382 e. The van der Waals surface area contributed by atoms with Crippen LogP contribution in [0.2, 0.25) is 0 Å². The molecule has 0 radical (unpaired) electrons. The first kappa shape index (κ1) is 14.3. The fraction of sp³-hybridized carbons (Fsp3) is 0.455. The molecule has 0 heterocycles. The van der Waals surface area contributed by atoms with E-state index in [2.05, 4.69) is 26.0 Å². The van der Waals surface area contributed by atoms with E-state index >= 15 is 0 Å². The van der Waals surface area contributed by atoms with Crippen LogP contribution in [0.3, 0.4) is 0 Å². The van der Waals surface area contributed by atoms with E-state index < -0.39 is 13.0 Å². The summed E-state index contributed by atoms with van der Waals surface area (Å²) in [6.07, 6.45) is -4.57. The Morgan fingerprint density at radius 2 is 1.94 bits per heavy atom. The van der Waals surface area contributed by atoms with E-state index in [1.165, 1.54) is 0 Å². The monoisotopic (exact) mass is 311 g/mol. The lowest BCUT2D eigenvalue weighted by molar-refractivity contribution is -0.322. The number of rotatable bonds is 4. The summed E-state index contributed by atoms with van der Waals surface area (Å²) in [5.41, 5.74) is 2.86. The molecule has 0 amide bonds. The van der Waals surface area contributed by atoms with Crippen LogP contribution in [0.4, 0.5) is 18.9 Å². The highest BCUT2D eigenvalue weighted by Gasteiger charge is 2.28. The van der Waals surface area contributed by atoms with Gasteiger partial charge in [-0.2, -0.15) is 0 Å². The Hall–Kier alpha value is -0.750. The Balaban J connectivity index is 2.53. The molecule has 17 heavy (non-hydrogen) atoms. The molecule has 2 nitrogen and oxygen atoms in total. The third-order valence-electron chi connectivity index (χ3n) is 2.10. The average molecular weight is 312 g/mol. The molecule has 1 N–H and O–H groups in total. The van der Waals surface area contributed by atoms with Crippen molar-refractivity contribution in [2.75, 3.05) is 18.5 Å². The first-order chi connectivity index (χ1) is 7.79. The van der Waals surface area contributed by atoms with Gasteiger partial charge in [-0.25, -0.2) is 0 Å². The summed E-state index contributed by atoms with van der Waals surface area (Å²) in [7, 11) is 0. The number of aryl methyl sites for hydroxylation is 2. The molecule has 1 aromatic rings. The maximum absolute atomic E-state index is 11.7. The summed E-state index contributed by atoms with van der Waals surface area (Å²) in [6, 6.07) is 3.86. The van der Waals surface area contributed by atoms with E-state index in [1.54, 1.807) is 0 Å². The molecule has 0 unspecified atom stereocenters. The topological polar surface area (TPSA) is 21.3 Å². The number of hydrogen-bond donors (Lipinski definition) is 1. The first-order valence-electron chi connectivity index (χ1n) is 5.01. The summed E-state index contributed by atoms with van der Waals surface area (Å²) in [4.78, 5) is 0. The van der Waals surface area contributed by atoms with Crippen molar-refractivity contribution in [2.45, 2.75) is 20.2 Å². The van der Waals surface area contributed by atoms with E-state index in [-0.39, 0.29) is 6.54 Å². The van der Waals surface area contributed by atoms with Crippen LogP contribution >= 0.6 is 15.9 Å². The molecule has 0 saturated carbocycles. The molecule has 0 bridgehead atoms. The second kappa shape index (κ2) is 5.73. The highest BCUT2D eigenvalue weighted by molar-refractivity contribution is 9.10. The molecule has 0 atom stereocenters. The number of anilines is 1. The Morgan fingerprint density at radius 1 is 1.29 bits per heavy atom. The molecule has 0 aliphatic heterocycles. The molecule has 1 aromatic carbocycles. The molecule has 6 heteroatoms. The third-order valence-corrected chi connectivity index (χ3v) is 2.73. The third kappa shape index (κ3) is 4.95. The quantitative estimate of drug-likeness (QED) is 0.848. The Labute approximate surface area is 106 Å². The molecular weight excluding hydrogens is 299 g/mol. The maximum Gasteiger partial charge on any atom is 0.522 e. The van der Waals surface area contributed by atoms with Gasteiger partial charge in [-0.15, -0.1) is 13.2 Å². The molecule has 0 saturated heterocycles. The SMILES string of the molecule is Cc1cc(C)c(NCCOC(F)(F)F)c(Br)c1. The van der Waals surface area contributed by atoms with Crippen molar-refractivity contribution >= 4 is 21.6 Å². The summed E-state index contributed by atoms with van der Waals surface area (Å²) >= 11 is 3.36. The molecular formula is C11H13BrF3NO. The fourth-order valence-electron chi connectivity index (χ4n) is 1.48. The molecule has 1 rings (SSSR count). The second-order valence-electron chi connectivity index (χ2n) is 3.66. The normalized spacial score (nSPS) is 11.6. The number of benzene rings is 1. The van der Waals surface area contributed by atoms with Gasteiger partial charge in [-0.05, 0) is 47.0 Å². The Kier molecular flexibility index (Phi) is 4.82. The van der Waals surface area contributed by atoms with E-state index in [0.29, 0.717) is 0 Å². The molecule has 0 aromatic heterocycles. The van der Waals surface area contributed by atoms with E-state index in [1.807, 2.05) is 26.0 Å². The number of ether oxygens (including phenoxy) is 1. The van der Waals surface area contributed by atoms with E-state index in [4.69, 9.17) is 0 Å². The number of nitrogens with one attached hydrogen (secondary N) is 1. The van der Waals surface area contributed by atoms with Gasteiger partial charge in [0.05, 0.1) is 12.3 Å². The number of hydrogen-bond acceptors (Lipinski definition) is 2. The van der Waals surface area contributed by atoms with Crippen LogP contribution < -0.4 is 5.32 Å². The smallest absolute Gasteiger partial charge is 0.382 e. The van der Waals surface area contributed by atoms with Crippen molar-refractivity contribution in [3.8, 4) is 0 Å². The van der Waals surface area contributed by atoms with Crippen molar-refractivity contribution in [1.82, 2.24) is 0 Å². The molecule has 0 aliphatic carbocycles. The van der Waals surface area contributed by atoms with Crippen molar-refractivity contribution in [1.29, 1.82) is 0 Å². The van der Waals surface area contributed by atoms with Gasteiger partial charge < -0.3 is 5.32 Å². The van der Waals surface area contributed by atoms with Crippen molar-refractivity contribution in [3.63, 3.8) is 0 Å². The molecule has 0 aliphatic rings. The molecule has 96 valence electrons. The van der Waals surface area contributed by atoms with Crippen molar-refractivity contribution < 1.29 is 17.9 Å². The van der Waals surface area contributed by atoms with Crippen LogP contribution in [-0.4, -0.2) is 19.5 Å². The first-order valence-corrected chi connectivity index (χ1v) is 5.80. The van der Waals surface area contributed by atoms with Gasteiger partial charge in [-0.3, -0.25) is 4.74 Å². The predicted octanol–water partition coefficient (Wildman–Crippen LogP) is 4.01. The van der Waals surface area contributed by atoms with Gasteiger partial charge in [0.25, 0.3) is 0 Å². The van der Waals surface area contributed by atoms with Crippen LogP contribution in [0, 0.1) is 13.8 Å². The lowest BCUT2D eigenvalue weighted by atomic mass is 10.1. The Bertz CT molecular complexity index is 370. The van der Waals surface area contributed by atoms with Gasteiger partial charge in [0.2, 0.25) is 0 Å². The summed E-state index contributed by atoms with van der Waals surface area (Å²) < 4.78 is 39.7. The lowest BCUT2D eigenvalue weighted by Gasteiger charge is -2.13. The summed E-state index contributed by atoms with van der Waals surface area (Å²) in [5.74, 6) is 0.